The van der Waals surface area contributed by atoms with E-state index in [9.17, 15) is 4.79 Å². The van der Waals surface area contributed by atoms with Gasteiger partial charge in [-0.1, -0.05) is 81.4 Å². The summed E-state index contributed by atoms with van der Waals surface area (Å²) in [5.41, 5.74) is -1.10. The lowest BCUT2D eigenvalue weighted by Gasteiger charge is -2.49. The average molecular weight is 585 g/mol. The minimum atomic E-state index is -2.95. The summed E-state index contributed by atoms with van der Waals surface area (Å²) in [5, 5.41) is 2.00. The van der Waals surface area contributed by atoms with Crippen LogP contribution in [-0.4, -0.2) is 76.7 Å². The van der Waals surface area contributed by atoms with Crippen LogP contribution in [0.25, 0.3) is 0 Å². The summed E-state index contributed by atoms with van der Waals surface area (Å²) >= 11 is 0. The summed E-state index contributed by atoms with van der Waals surface area (Å²) in [6.45, 7) is 14.2. The molecule has 0 radical (unpaired) electrons. The van der Waals surface area contributed by atoms with Gasteiger partial charge < -0.3 is 32.8 Å². The van der Waals surface area contributed by atoms with Crippen molar-refractivity contribution in [3.05, 3.63) is 60.7 Å². The first-order valence-corrected chi connectivity index (χ1v) is 16.3. The van der Waals surface area contributed by atoms with Gasteiger partial charge in [-0.25, -0.2) is 0 Å². The Morgan fingerprint density at radius 1 is 0.902 bits per heavy atom. The van der Waals surface area contributed by atoms with E-state index in [1.807, 2.05) is 64.1 Å². The lowest BCUT2D eigenvalue weighted by molar-refractivity contribution is -0.262. The summed E-state index contributed by atoms with van der Waals surface area (Å²) in [6.07, 6.45) is -2.32. The smallest absolute Gasteiger partial charge is 0.261 e. The van der Waals surface area contributed by atoms with Crippen molar-refractivity contribution in [2.45, 2.75) is 89.0 Å². The first-order chi connectivity index (χ1) is 19.3. The minimum absolute atomic E-state index is 0.0269. The van der Waals surface area contributed by atoms with Crippen LogP contribution in [-0.2, 0) is 37.6 Å². The third-order valence-corrected chi connectivity index (χ3v) is 13.4. The minimum Gasteiger partial charge on any atom is -0.407 e. The number of carbonyl (C=O) groups is 1. The zero-order chi connectivity index (χ0) is 29.7. The van der Waals surface area contributed by atoms with Crippen LogP contribution in [0.1, 0.15) is 48.5 Å². The third-order valence-electron chi connectivity index (χ3n) is 8.41. The molecule has 0 aromatic heterocycles. The van der Waals surface area contributed by atoms with Crippen molar-refractivity contribution in [1.29, 1.82) is 0 Å². The fourth-order valence-corrected chi connectivity index (χ4v) is 11.4. The van der Waals surface area contributed by atoms with Crippen molar-refractivity contribution in [2.24, 2.45) is 5.92 Å². The first-order valence-electron chi connectivity index (χ1n) is 14.4. The topological polar surface area (TPSA) is 81.7 Å². The summed E-state index contributed by atoms with van der Waals surface area (Å²) in [6, 6.07) is 20.7. The predicted molar refractivity (Wildman–Crippen MR) is 156 cm³/mol. The van der Waals surface area contributed by atoms with E-state index in [4.69, 9.17) is 32.8 Å². The van der Waals surface area contributed by atoms with Crippen LogP contribution in [0.4, 0.5) is 0 Å². The van der Waals surface area contributed by atoms with Crippen LogP contribution in [0.2, 0.25) is 5.04 Å². The molecule has 0 amide bonds. The molecule has 5 rings (SSSR count). The van der Waals surface area contributed by atoms with Crippen molar-refractivity contribution < 1.29 is 37.6 Å². The quantitative estimate of drug-likeness (QED) is 0.343. The van der Waals surface area contributed by atoms with E-state index in [1.165, 1.54) is 0 Å². The summed E-state index contributed by atoms with van der Waals surface area (Å²) in [4.78, 5) is 14.3. The second kappa shape index (κ2) is 11.0. The largest absolute Gasteiger partial charge is 0.407 e. The molecule has 0 bridgehead atoms. The Kier molecular flexibility index (Phi) is 8.15. The normalized spacial score (nSPS) is 31.0. The SMILES string of the molecule is COCOC1C(CO[Si](c2ccccc2)(c2ccccc2)C(C)(C)C)C(=O)C2OC(C)(C)OC2[C@]12COC(C)(C)O2. The highest BCUT2D eigenvalue weighted by atomic mass is 28.4. The molecule has 2 heterocycles. The van der Waals surface area contributed by atoms with Gasteiger partial charge in [0, 0.05) is 13.7 Å². The van der Waals surface area contributed by atoms with Gasteiger partial charge in [0.2, 0.25) is 0 Å². The monoisotopic (exact) mass is 584 g/mol. The van der Waals surface area contributed by atoms with Crippen LogP contribution >= 0.6 is 0 Å². The molecule has 5 atom stereocenters. The van der Waals surface area contributed by atoms with E-state index in [-0.39, 0.29) is 30.8 Å². The lowest BCUT2D eigenvalue weighted by Crippen LogP contribution is -2.71. The molecule has 2 aliphatic heterocycles. The average Bonchev–Trinajstić information content (AvgIpc) is 3.43. The third kappa shape index (κ3) is 5.36. The van der Waals surface area contributed by atoms with E-state index < -0.39 is 49.7 Å². The molecule has 4 unspecified atom stereocenters. The molecular weight excluding hydrogens is 540 g/mol. The Morgan fingerprint density at radius 2 is 1.49 bits per heavy atom. The van der Waals surface area contributed by atoms with Gasteiger partial charge >= 0.3 is 0 Å². The number of ketones is 1. The molecule has 0 N–H and O–H groups in total. The van der Waals surface area contributed by atoms with E-state index in [0.29, 0.717) is 0 Å². The fraction of sp³-hybridized carbons (Fsp3) is 0.594. The molecule has 2 aromatic carbocycles. The van der Waals surface area contributed by atoms with Crippen molar-refractivity contribution in [3.63, 3.8) is 0 Å². The van der Waals surface area contributed by atoms with E-state index in [1.54, 1.807) is 7.11 Å². The van der Waals surface area contributed by atoms with Crippen LogP contribution in [0.3, 0.4) is 0 Å². The van der Waals surface area contributed by atoms with Gasteiger partial charge in [0.15, 0.2) is 23.0 Å². The molecule has 8 nitrogen and oxygen atoms in total. The Hall–Kier alpha value is -1.95. The maximum atomic E-state index is 14.3. The Morgan fingerprint density at radius 3 is 1.98 bits per heavy atom. The number of carbonyl (C=O) groups excluding carboxylic acids is 1. The maximum Gasteiger partial charge on any atom is 0.261 e. The standard InChI is InChI=1S/C32H44O8Si/c1-29(2,3)41(22-15-11-9-12-16-22,23-17-13-10-14-18-23)37-19-24-25(33)26-28(39-31(6,7)38-26)32(27(24)35-21-34-8)20-36-30(4,5)40-32/h9-18,24,26-28H,19-21H2,1-8H3/t24?,26?,27?,28?,32-/m0/s1. The fourth-order valence-electron chi connectivity index (χ4n) is 6.82. The number of hydrogen-bond acceptors (Lipinski definition) is 8. The number of rotatable bonds is 8. The first kappa shape index (κ1) is 30.5. The van der Waals surface area contributed by atoms with Crippen molar-refractivity contribution in [1.82, 2.24) is 0 Å². The molecule has 9 heteroatoms. The number of benzene rings is 2. The summed E-state index contributed by atoms with van der Waals surface area (Å²) in [7, 11) is -1.39. The van der Waals surface area contributed by atoms with E-state index >= 15 is 0 Å². The lowest BCUT2D eigenvalue weighted by atomic mass is 9.71. The second-order valence-electron chi connectivity index (χ2n) is 13.2. The molecule has 1 aliphatic carbocycles. The highest BCUT2D eigenvalue weighted by Crippen LogP contribution is 2.51. The second-order valence-corrected chi connectivity index (χ2v) is 17.5. The van der Waals surface area contributed by atoms with E-state index in [0.717, 1.165) is 10.4 Å². The Bertz CT molecular complexity index is 1170. The van der Waals surface area contributed by atoms with Crippen LogP contribution in [0.5, 0.6) is 0 Å². The van der Waals surface area contributed by atoms with Crippen molar-refractivity contribution in [2.75, 3.05) is 27.1 Å². The zero-order valence-electron chi connectivity index (χ0n) is 25.5. The van der Waals surface area contributed by atoms with Gasteiger partial charge in [0.1, 0.15) is 25.1 Å². The van der Waals surface area contributed by atoms with Crippen LogP contribution in [0.15, 0.2) is 60.7 Å². The number of fused-ring (bicyclic) bond motifs is 2. The van der Waals surface area contributed by atoms with E-state index in [2.05, 4.69) is 45.0 Å². The highest BCUT2D eigenvalue weighted by Gasteiger charge is 2.70. The molecule has 3 fully saturated rings. The predicted octanol–water partition coefficient (Wildman–Crippen LogP) is 3.79. The van der Waals surface area contributed by atoms with Gasteiger partial charge in [0.05, 0.1) is 12.5 Å². The number of ether oxygens (including phenoxy) is 6. The molecule has 1 saturated carbocycles. The summed E-state index contributed by atoms with van der Waals surface area (Å²) in [5.74, 6) is -2.73. The van der Waals surface area contributed by atoms with Crippen molar-refractivity contribution >= 4 is 24.5 Å². The Balaban J connectivity index is 1.61. The molecule has 41 heavy (non-hydrogen) atoms. The van der Waals surface area contributed by atoms with Gasteiger partial charge in [0.25, 0.3) is 8.32 Å². The van der Waals surface area contributed by atoms with Crippen LogP contribution in [0, 0.1) is 5.92 Å². The van der Waals surface area contributed by atoms with Gasteiger partial charge in [-0.3, -0.25) is 4.79 Å². The number of hydrogen-bond donors (Lipinski definition) is 0. The Labute approximate surface area is 244 Å². The molecule has 1 spiro atoms. The van der Waals surface area contributed by atoms with Gasteiger partial charge in [-0.05, 0) is 43.1 Å². The number of methoxy groups -OCH3 is 1. The van der Waals surface area contributed by atoms with Crippen LogP contribution < -0.4 is 10.4 Å². The number of Topliss-reactive ketones (excluding diaryl/α,β-unsaturated/α-hetero) is 1. The van der Waals surface area contributed by atoms with Crippen molar-refractivity contribution in [3.8, 4) is 0 Å². The molecule has 2 saturated heterocycles. The van der Waals surface area contributed by atoms with Gasteiger partial charge in [-0.2, -0.15) is 0 Å². The van der Waals surface area contributed by atoms with Gasteiger partial charge in [-0.15, -0.1) is 0 Å². The molecule has 3 aliphatic rings. The molecular formula is C32H44O8Si. The highest BCUT2D eigenvalue weighted by molar-refractivity contribution is 6.99. The zero-order valence-corrected chi connectivity index (χ0v) is 26.5. The molecule has 2 aromatic rings. The maximum absolute atomic E-state index is 14.3. The summed E-state index contributed by atoms with van der Waals surface area (Å²) < 4.78 is 44.3. The molecule has 224 valence electrons.